The van der Waals surface area contributed by atoms with E-state index in [1.807, 2.05) is 12.1 Å². The van der Waals surface area contributed by atoms with Crippen LogP contribution in [0.4, 0.5) is 5.69 Å². The van der Waals surface area contributed by atoms with E-state index < -0.39 is 0 Å². The van der Waals surface area contributed by atoms with Gasteiger partial charge in [0.05, 0.1) is 16.7 Å². The van der Waals surface area contributed by atoms with Crippen LogP contribution < -0.4 is 10.2 Å². The molecule has 1 aliphatic rings. The van der Waals surface area contributed by atoms with Crippen LogP contribution in [-0.4, -0.2) is 41.3 Å². The number of nitrogens with one attached hydrogen (secondary N) is 2. The molecule has 3 N–H and O–H groups in total. The first-order chi connectivity index (χ1) is 14.5. The topological polar surface area (TPSA) is 64.2 Å². The number of H-pyrrole nitrogens is 1. The van der Waals surface area contributed by atoms with Gasteiger partial charge in [-0.2, -0.15) is 0 Å². The quantitative estimate of drug-likeness (QED) is 0.530. The molecule has 2 heterocycles. The van der Waals surface area contributed by atoms with Gasteiger partial charge in [-0.15, -0.1) is 0 Å². The largest absolute Gasteiger partial charge is 0.507 e. The summed E-state index contributed by atoms with van der Waals surface area (Å²) in [4.78, 5) is 11.0. The molecule has 1 aromatic heterocycles. The third-order valence-corrected chi connectivity index (χ3v) is 6.24. The summed E-state index contributed by atoms with van der Waals surface area (Å²) in [6.07, 6.45) is 0. The van der Waals surface area contributed by atoms with Gasteiger partial charge in [0.25, 0.3) is 0 Å². The summed E-state index contributed by atoms with van der Waals surface area (Å²) in [5.41, 5.74) is 6.99. The number of phenolic OH excluding ortho intramolecular Hbond substituents is 1. The van der Waals surface area contributed by atoms with Crippen LogP contribution >= 0.6 is 0 Å². The number of piperazine rings is 1. The number of hydrogen-bond acceptors (Lipinski definition) is 4. The van der Waals surface area contributed by atoms with Crippen LogP contribution in [0.2, 0.25) is 0 Å². The van der Waals surface area contributed by atoms with Crippen LogP contribution in [-0.2, 0) is 10.8 Å². The van der Waals surface area contributed by atoms with Crippen molar-refractivity contribution in [3.05, 3.63) is 41.0 Å². The molecule has 1 saturated heterocycles. The highest BCUT2D eigenvalue weighted by atomic mass is 16.3. The maximum Gasteiger partial charge on any atom is 0.140 e. The van der Waals surface area contributed by atoms with E-state index >= 15 is 0 Å². The van der Waals surface area contributed by atoms with Crippen molar-refractivity contribution in [3.8, 4) is 17.1 Å². The average molecular weight is 421 g/mol. The van der Waals surface area contributed by atoms with Crippen molar-refractivity contribution in [1.82, 2.24) is 15.3 Å². The highest BCUT2D eigenvalue weighted by molar-refractivity contribution is 5.89. The monoisotopic (exact) mass is 420 g/mol. The molecule has 0 unspecified atom stereocenters. The minimum Gasteiger partial charge on any atom is -0.507 e. The fraction of sp³-hybridized carbons (Fsp3) is 0.500. The summed E-state index contributed by atoms with van der Waals surface area (Å²) in [6, 6.07) is 8.19. The van der Waals surface area contributed by atoms with Crippen molar-refractivity contribution in [1.29, 1.82) is 0 Å². The van der Waals surface area contributed by atoms with Gasteiger partial charge >= 0.3 is 0 Å². The molecule has 0 amide bonds. The van der Waals surface area contributed by atoms with Crippen LogP contribution in [0.5, 0.6) is 5.75 Å². The number of benzene rings is 2. The van der Waals surface area contributed by atoms with E-state index in [0.29, 0.717) is 5.75 Å². The number of aromatic nitrogens is 2. The Morgan fingerprint density at radius 1 is 0.935 bits per heavy atom. The van der Waals surface area contributed by atoms with E-state index in [1.54, 1.807) is 0 Å². The lowest BCUT2D eigenvalue weighted by Gasteiger charge is -2.39. The second-order valence-corrected chi connectivity index (χ2v) is 10.8. The Bertz CT molecular complexity index is 1080. The van der Waals surface area contributed by atoms with Gasteiger partial charge in [0.2, 0.25) is 0 Å². The Morgan fingerprint density at radius 2 is 1.55 bits per heavy atom. The zero-order valence-electron chi connectivity index (χ0n) is 20.0. The van der Waals surface area contributed by atoms with Crippen molar-refractivity contribution in [3.63, 3.8) is 0 Å². The van der Waals surface area contributed by atoms with Crippen molar-refractivity contribution in [2.24, 2.45) is 0 Å². The molecule has 2 aromatic carbocycles. The minimum atomic E-state index is -0.208. The molecule has 166 valence electrons. The first kappa shape index (κ1) is 21.7. The summed E-state index contributed by atoms with van der Waals surface area (Å²) < 4.78 is 0. The van der Waals surface area contributed by atoms with E-state index in [9.17, 15) is 5.11 Å². The number of imidazole rings is 1. The van der Waals surface area contributed by atoms with Crippen molar-refractivity contribution in [2.75, 3.05) is 31.1 Å². The van der Waals surface area contributed by atoms with Gasteiger partial charge in [0.15, 0.2) is 0 Å². The molecule has 0 atom stereocenters. The Morgan fingerprint density at radius 3 is 2.13 bits per heavy atom. The van der Waals surface area contributed by atoms with Gasteiger partial charge in [-0.25, -0.2) is 4.98 Å². The molecular formula is C26H36N4O. The molecule has 1 fully saturated rings. The predicted octanol–water partition coefficient (Wildman–Crippen LogP) is 5.25. The van der Waals surface area contributed by atoms with E-state index in [0.717, 1.165) is 65.4 Å². The molecule has 3 aromatic rings. The number of anilines is 1. The molecule has 5 nitrogen and oxygen atoms in total. The van der Waals surface area contributed by atoms with E-state index in [1.165, 1.54) is 5.56 Å². The number of rotatable bonds is 2. The van der Waals surface area contributed by atoms with Crippen LogP contribution in [0, 0.1) is 6.92 Å². The molecular weight excluding hydrogens is 384 g/mol. The Balaban J connectivity index is 2.15. The molecule has 0 aliphatic carbocycles. The third-order valence-electron chi connectivity index (χ3n) is 6.24. The first-order valence-corrected chi connectivity index (χ1v) is 11.3. The fourth-order valence-electron chi connectivity index (χ4n) is 4.91. The van der Waals surface area contributed by atoms with Gasteiger partial charge in [-0.3, -0.25) is 0 Å². The SMILES string of the molecule is Cc1c(O)c(C(C)(C)C)c(C(C)(C)C)c(-c2nc3ccccc3[nH]2)c1N1CCNCC1. The summed E-state index contributed by atoms with van der Waals surface area (Å²) in [6.45, 7) is 19.0. The van der Waals surface area contributed by atoms with Crippen molar-refractivity contribution >= 4 is 16.7 Å². The van der Waals surface area contributed by atoms with Gasteiger partial charge in [0.1, 0.15) is 11.6 Å². The molecule has 0 saturated carbocycles. The lowest BCUT2D eigenvalue weighted by molar-refractivity contribution is 0.431. The molecule has 31 heavy (non-hydrogen) atoms. The third kappa shape index (κ3) is 3.80. The summed E-state index contributed by atoms with van der Waals surface area (Å²) in [7, 11) is 0. The van der Waals surface area contributed by atoms with Crippen molar-refractivity contribution < 1.29 is 5.11 Å². The maximum absolute atomic E-state index is 11.5. The highest BCUT2D eigenvalue weighted by Gasteiger charge is 2.36. The zero-order chi connectivity index (χ0) is 22.6. The first-order valence-electron chi connectivity index (χ1n) is 11.3. The lowest BCUT2D eigenvalue weighted by atomic mass is 9.71. The molecule has 4 rings (SSSR count). The lowest BCUT2D eigenvalue weighted by Crippen LogP contribution is -2.44. The van der Waals surface area contributed by atoms with Crippen LogP contribution in [0.15, 0.2) is 24.3 Å². The number of hydrogen-bond donors (Lipinski definition) is 3. The average Bonchev–Trinajstić information content (AvgIpc) is 3.12. The second kappa shape index (κ2) is 7.56. The fourth-order valence-corrected chi connectivity index (χ4v) is 4.91. The van der Waals surface area contributed by atoms with Crippen molar-refractivity contribution in [2.45, 2.75) is 59.3 Å². The molecule has 0 bridgehead atoms. The number of nitrogens with zero attached hydrogens (tertiary/aromatic N) is 2. The van der Waals surface area contributed by atoms with Gasteiger partial charge in [-0.05, 0) is 35.4 Å². The van der Waals surface area contributed by atoms with Gasteiger partial charge in [-0.1, -0.05) is 53.7 Å². The number of para-hydroxylation sites is 2. The number of fused-ring (bicyclic) bond motifs is 1. The molecule has 1 aliphatic heterocycles. The molecule has 0 spiro atoms. The summed E-state index contributed by atoms with van der Waals surface area (Å²) in [5.74, 6) is 1.30. The van der Waals surface area contributed by atoms with Crippen LogP contribution in [0.25, 0.3) is 22.4 Å². The maximum atomic E-state index is 11.5. The molecule has 5 heteroatoms. The standard InChI is InChI=1S/C26H36N4O/c1-16-22(30-14-12-27-13-15-30)19(24-28-17-10-8-9-11-18(17)29-24)20(25(2,3)4)21(23(16)31)26(5,6)7/h8-11,27,31H,12-15H2,1-7H3,(H,28,29). The highest BCUT2D eigenvalue weighted by Crippen LogP contribution is 2.51. The number of aromatic hydroxyl groups is 1. The predicted molar refractivity (Wildman–Crippen MR) is 130 cm³/mol. The van der Waals surface area contributed by atoms with Crippen LogP contribution in [0.1, 0.15) is 58.2 Å². The zero-order valence-corrected chi connectivity index (χ0v) is 20.0. The minimum absolute atomic E-state index is 0.176. The van der Waals surface area contributed by atoms with E-state index in [2.05, 4.69) is 75.8 Å². The van der Waals surface area contributed by atoms with Gasteiger partial charge in [0, 0.05) is 42.9 Å². The van der Waals surface area contributed by atoms with E-state index in [4.69, 9.17) is 4.98 Å². The summed E-state index contributed by atoms with van der Waals surface area (Å²) in [5, 5.41) is 15.0. The Labute approximate surface area is 185 Å². The summed E-state index contributed by atoms with van der Waals surface area (Å²) >= 11 is 0. The Hall–Kier alpha value is -2.53. The van der Waals surface area contributed by atoms with Gasteiger partial charge < -0.3 is 20.3 Å². The number of phenols is 1. The normalized spacial score (nSPS) is 15.6. The smallest absolute Gasteiger partial charge is 0.140 e. The van der Waals surface area contributed by atoms with E-state index in [-0.39, 0.29) is 10.8 Å². The molecule has 0 radical (unpaired) electrons. The Kier molecular flexibility index (Phi) is 5.29. The second-order valence-electron chi connectivity index (χ2n) is 10.8. The number of aromatic amines is 1. The van der Waals surface area contributed by atoms with Crippen LogP contribution in [0.3, 0.4) is 0 Å².